The van der Waals surface area contributed by atoms with Gasteiger partial charge in [-0.05, 0) is 38.0 Å². The van der Waals surface area contributed by atoms with Crippen molar-refractivity contribution >= 4 is 28.0 Å². The molecular formula is C25H31FNO10S+. The number of quaternary nitrogens is 1. The first kappa shape index (κ1) is 27.0. The Labute approximate surface area is 219 Å². The molecule has 6 atom stereocenters. The summed E-state index contributed by atoms with van der Waals surface area (Å²) in [6, 6.07) is 5.60. The van der Waals surface area contributed by atoms with Gasteiger partial charge in [0.05, 0.1) is 19.1 Å². The predicted octanol–water partition coefficient (Wildman–Crippen LogP) is -0.663. The molecule has 0 radical (unpaired) electrons. The Hall–Kier alpha value is -2.61. The van der Waals surface area contributed by atoms with E-state index in [0.717, 1.165) is 4.90 Å². The van der Waals surface area contributed by atoms with Crippen LogP contribution in [0.1, 0.15) is 25.8 Å². The van der Waals surface area contributed by atoms with Crippen LogP contribution in [0.3, 0.4) is 0 Å². The zero-order chi connectivity index (χ0) is 27.2. The summed E-state index contributed by atoms with van der Waals surface area (Å²) < 4.78 is 66.2. The normalized spacial score (nSPS) is 31.7. The third-order valence-electron chi connectivity index (χ3n) is 7.89. The molecule has 0 spiro atoms. The summed E-state index contributed by atoms with van der Waals surface area (Å²) in [6.45, 7) is 5.03. The van der Waals surface area contributed by atoms with Crippen LogP contribution < -0.4 is 4.90 Å². The number of morpholine rings is 1. The number of nitrogens with one attached hydrogen (secondary N) is 1. The smallest absolute Gasteiger partial charge is 0.362 e. The molecular weight excluding hydrogens is 525 g/mol. The van der Waals surface area contributed by atoms with Crippen molar-refractivity contribution < 1.29 is 55.2 Å². The highest BCUT2D eigenvalue weighted by atomic mass is 32.2. The number of benzene rings is 1. The number of halogens is 1. The lowest BCUT2D eigenvalue weighted by Crippen LogP contribution is -3.15. The van der Waals surface area contributed by atoms with Crippen molar-refractivity contribution in [2.24, 2.45) is 17.8 Å². The Morgan fingerprint density at radius 1 is 1.13 bits per heavy atom. The summed E-state index contributed by atoms with van der Waals surface area (Å²) in [7, 11) is -4.11. The summed E-state index contributed by atoms with van der Waals surface area (Å²) in [6.07, 6.45) is -1.63. The maximum atomic E-state index is 13.8. The highest BCUT2D eigenvalue weighted by Crippen LogP contribution is 2.59. The standard InChI is InChI=1S/C25H30FNO10S/c1-25(2,14-4-3-5-15(26)10-14)36-24(30)20-16-11-17-22(37-38(31,32)23(17)20)21(16)35-19(29)13-34-18(28)12-27-6-8-33-9-7-27/h3-5,10,16-17,20-23H,6-9,11-13H2,1-2H3/p+1. The summed E-state index contributed by atoms with van der Waals surface area (Å²) in [5.41, 5.74) is -0.840. The van der Waals surface area contributed by atoms with Crippen LogP contribution in [0.4, 0.5) is 4.39 Å². The first-order chi connectivity index (χ1) is 18.0. The second kappa shape index (κ2) is 10.2. The van der Waals surface area contributed by atoms with E-state index in [2.05, 4.69) is 0 Å². The topological polar surface area (TPSA) is 136 Å². The number of fused-ring (bicyclic) bond motifs is 1. The molecule has 208 valence electrons. The van der Waals surface area contributed by atoms with Gasteiger partial charge in [-0.15, -0.1) is 0 Å². The molecule has 2 aliphatic carbocycles. The Kier molecular flexibility index (Phi) is 7.22. The van der Waals surface area contributed by atoms with Crippen LogP contribution in [0.5, 0.6) is 0 Å². The van der Waals surface area contributed by atoms with Gasteiger partial charge in [0.2, 0.25) is 0 Å². The number of hydrogen-bond donors (Lipinski definition) is 1. The summed E-state index contributed by atoms with van der Waals surface area (Å²) in [5, 5.41) is -1.11. The zero-order valence-corrected chi connectivity index (χ0v) is 21.9. The number of carbonyl (C=O) groups is 3. The lowest BCUT2D eigenvalue weighted by Gasteiger charge is -2.33. The number of ether oxygens (including phenoxy) is 4. The average molecular weight is 557 g/mol. The zero-order valence-electron chi connectivity index (χ0n) is 21.1. The molecule has 1 N–H and O–H groups in total. The summed E-state index contributed by atoms with van der Waals surface area (Å²) >= 11 is 0. The molecule has 2 saturated heterocycles. The van der Waals surface area contributed by atoms with Gasteiger partial charge in [0, 0.05) is 11.8 Å². The lowest BCUT2D eigenvalue weighted by molar-refractivity contribution is -0.900. The van der Waals surface area contributed by atoms with Gasteiger partial charge in [0.15, 0.2) is 13.2 Å². The van der Waals surface area contributed by atoms with Crippen molar-refractivity contribution in [2.75, 3.05) is 39.5 Å². The Morgan fingerprint density at radius 2 is 1.87 bits per heavy atom. The van der Waals surface area contributed by atoms with Crippen LogP contribution in [-0.4, -0.2) is 83.2 Å². The first-order valence-corrected chi connectivity index (χ1v) is 14.1. The van der Waals surface area contributed by atoms with E-state index in [0.29, 0.717) is 38.3 Å². The quantitative estimate of drug-likeness (QED) is 0.250. The van der Waals surface area contributed by atoms with Crippen molar-refractivity contribution in [1.82, 2.24) is 0 Å². The molecule has 6 unspecified atom stereocenters. The highest BCUT2D eigenvalue weighted by molar-refractivity contribution is 7.87. The molecule has 0 aromatic heterocycles. The van der Waals surface area contributed by atoms with Gasteiger partial charge in [0.1, 0.15) is 42.0 Å². The molecule has 2 aliphatic heterocycles. The summed E-state index contributed by atoms with van der Waals surface area (Å²) in [5.74, 6) is -5.02. The van der Waals surface area contributed by atoms with E-state index in [9.17, 15) is 27.2 Å². The van der Waals surface area contributed by atoms with Crippen LogP contribution in [-0.2, 0) is 53.2 Å². The van der Waals surface area contributed by atoms with Gasteiger partial charge in [-0.2, -0.15) is 8.42 Å². The van der Waals surface area contributed by atoms with Crippen molar-refractivity contribution in [3.8, 4) is 0 Å². The Balaban J connectivity index is 1.24. The minimum atomic E-state index is -4.11. The van der Waals surface area contributed by atoms with Gasteiger partial charge in [-0.25, -0.2) is 14.0 Å². The first-order valence-electron chi connectivity index (χ1n) is 12.6. The molecule has 4 fully saturated rings. The fourth-order valence-corrected chi connectivity index (χ4v) is 8.17. The lowest BCUT2D eigenvalue weighted by atomic mass is 9.84. The Morgan fingerprint density at radius 3 is 2.58 bits per heavy atom. The minimum absolute atomic E-state index is 0.0887. The van der Waals surface area contributed by atoms with Crippen molar-refractivity contribution in [3.63, 3.8) is 0 Å². The molecule has 0 amide bonds. The molecule has 11 nitrogen and oxygen atoms in total. The van der Waals surface area contributed by atoms with E-state index in [4.69, 9.17) is 23.1 Å². The number of carbonyl (C=O) groups excluding carboxylic acids is 3. The predicted molar refractivity (Wildman–Crippen MR) is 125 cm³/mol. The molecule has 13 heteroatoms. The van der Waals surface area contributed by atoms with Crippen LogP contribution in [0.2, 0.25) is 0 Å². The van der Waals surface area contributed by atoms with Crippen molar-refractivity contribution in [1.29, 1.82) is 0 Å². The monoisotopic (exact) mass is 556 g/mol. The fourth-order valence-electron chi connectivity index (χ4n) is 6.11. The SMILES string of the molecule is CC(C)(OC(=O)C1C2CC3C(OS(=O)(=O)C31)C2OC(=O)COC(=O)C[NH+]1CCOCC1)c1cccc(F)c1. The van der Waals surface area contributed by atoms with E-state index < -0.39 is 81.3 Å². The van der Waals surface area contributed by atoms with Gasteiger partial charge >= 0.3 is 17.9 Å². The van der Waals surface area contributed by atoms with Crippen LogP contribution in [0, 0.1) is 23.6 Å². The van der Waals surface area contributed by atoms with E-state index in [1.54, 1.807) is 19.9 Å². The van der Waals surface area contributed by atoms with Crippen LogP contribution in [0.25, 0.3) is 0 Å². The van der Waals surface area contributed by atoms with E-state index >= 15 is 0 Å². The summed E-state index contributed by atoms with van der Waals surface area (Å²) in [4.78, 5) is 39.0. The highest BCUT2D eigenvalue weighted by Gasteiger charge is 2.72. The van der Waals surface area contributed by atoms with Crippen LogP contribution in [0.15, 0.2) is 24.3 Å². The van der Waals surface area contributed by atoms with Gasteiger partial charge < -0.3 is 23.8 Å². The van der Waals surface area contributed by atoms with Gasteiger partial charge in [-0.3, -0.25) is 8.98 Å². The molecule has 1 aromatic carbocycles. The van der Waals surface area contributed by atoms with Crippen molar-refractivity contribution in [3.05, 3.63) is 35.6 Å². The molecule has 2 saturated carbocycles. The largest absolute Gasteiger partial charge is 0.457 e. The minimum Gasteiger partial charge on any atom is -0.457 e. The maximum Gasteiger partial charge on any atom is 0.362 e. The maximum absolute atomic E-state index is 13.8. The average Bonchev–Trinajstić information content (AvgIpc) is 3.46. The number of esters is 3. The van der Waals surface area contributed by atoms with E-state index in [1.807, 2.05) is 0 Å². The molecule has 5 rings (SSSR count). The van der Waals surface area contributed by atoms with Crippen molar-refractivity contribution in [2.45, 2.75) is 43.3 Å². The second-order valence-electron chi connectivity index (χ2n) is 10.7. The third kappa shape index (κ3) is 5.16. The van der Waals surface area contributed by atoms with E-state index in [1.165, 1.54) is 18.2 Å². The molecule has 2 bridgehead atoms. The fraction of sp³-hybridized carbons (Fsp3) is 0.640. The molecule has 38 heavy (non-hydrogen) atoms. The third-order valence-corrected chi connectivity index (χ3v) is 9.69. The van der Waals surface area contributed by atoms with Gasteiger partial charge in [-0.1, -0.05) is 12.1 Å². The Bertz CT molecular complexity index is 1210. The molecule has 1 aromatic rings. The van der Waals surface area contributed by atoms with Gasteiger partial charge in [0.25, 0.3) is 10.1 Å². The molecule has 2 heterocycles. The van der Waals surface area contributed by atoms with E-state index in [-0.39, 0.29) is 6.54 Å². The van der Waals surface area contributed by atoms with Crippen LogP contribution >= 0.6 is 0 Å². The number of hydrogen-bond acceptors (Lipinski definition) is 10. The molecule has 4 aliphatic rings. The second-order valence-corrected chi connectivity index (χ2v) is 12.4. The number of rotatable bonds is 8.